The van der Waals surface area contributed by atoms with Crippen LogP contribution in [0.2, 0.25) is 0 Å². The van der Waals surface area contributed by atoms with Gasteiger partial charge in [0.05, 0.1) is 5.75 Å². The Morgan fingerprint density at radius 2 is 1.95 bits per heavy atom. The molecule has 0 heterocycles. The number of hydrogen-bond acceptors (Lipinski definition) is 4. The Balaban J connectivity index is 1.86. The molecule has 21 heavy (non-hydrogen) atoms. The molecule has 0 radical (unpaired) electrons. The van der Waals surface area contributed by atoms with Gasteiger partial charge in [-0.3, -0.25) is 0 Å². The zero-order chi connectivity index (χ0) is 15.3. The molecule has 0 atom stereocenters. The van der Waals surface area contributed by atoms with E-state index in [1.165, 1.54) is 12.8 Å². The normalized spacial score (nSPS) is 15.6. The number of nitrogens with zero attached hydrogens (tertiary/aromatic N) is 1. The number of nitrogens with one attached hydrogen (secondary N) is 2. The summed E-state index contributed by atoms with van der Waals surface area (Å²) >= 11 is 0. The predicted octanol–water partition coefficient (Wildman–Crippen LogP) is 0.920. The summed E-state index contributed by atoms with van der Waals surface area (Å²) in [5.41, 5.74) is 1.98. The van der Waals surface area contributed by atoms with Crippen molar-refractivity contribution < 1.29 is 8.42 Å². The highest BCUT2D eigenvalue weighted by Crippen LogP contribution is 2.19. The van der Waals surface area contributed by atoms with Crippen LogP contribution < -0.4 is 10.0 Å². The van der Waals surface area contributed by atoms with Gasteiger partial charge in [0.1, 0.15) is 0 Å². The summed E-state index contributed by atoms with van der Waals surface area (Å²) in [6.07, 6.45) is 2.51. The lowest BCUT2D eigenvalue weighted by atomic mass is 10.1. The van der Waals surface area contributed by atoms with Crippen LogP contribution >= 0.6 is 0 Å². The van der Waals surface area contributed by atoms with Crippen LogP contribution in [0.25, 0.3) is 0 Å². The van der Waals surface area contributed by atoms with Gasteiger partial charge in [0.15, 0.2) is 0 Å². The summed E-state index contributed by atoms with van der Waals surface area (Å²) < 4.78 is 26.7. The van der Waals surface area contributed by atoms with Crippen LogP contribution in [0.5, 0.6) is 0 Å². The molecule has 2 N–H and O–H groups in total. The second-order valence-corrected chi connectivity index (χ2v) is 7.74. The highest BCUT2D eigenvalue weighted by atomic mass is 32.2. The summed E-state index contributed by atoms with van der Waals surface area (Å²) in [4.78, 5) is 1.95. The Hall–Kier alpha value is -0.950. The summed E-state index contributed by atoms with van der Waals surface area (Å²) in [6, 6.07) is 8.46. The van der Waals surface area contributed by atoms with E-state index in [0.717, 1.165) is 17.7 Å². The van der Waals surface area contributed by atoms with E-state index in [9.17, 15) is 8.42 Å². The second-order valence-electron chi connectivity index (χ2n) is 5.93. The first kappa shape index (κ1) is 16.4. The Kier molecular flexibility index (Phi) is 5.75. The van der Waals surface area contributed by atoms with Gasteiger partial charge in [-0.15, -0.1) is 0 Å². The van der Waals surface area contributed by atoms with E-state index in [1.807, 2.05) is 43.3 Å². The van der Waals surface area contributed by atoms with Crippen LogP contribution in [0.15, 0.2) is 24.3 Å². The van der Waals surface area contributed by atoms with Crippen LogP contribution in [0.3, 0.4) is 0 Å². The lowest BCUT2D eigenvalue weighted by Gasteiger charge is -2.11. The molecule has 5 nitrogen and oxygen atoms in total. The van der Waals surface area contributed by atoms with Gasteiger partial charge < -0.3 is 10.2 Å². The van der Waals surface area contributed by atoms with Gasteiger partial charge in [-0.05, 0) is 38.1 Å². The Bertz CT molecular complexity index is 554. The van der Waals surface area contributed by atoms with Gasteiger partial charge in [0.25, 0.3) is 0 Å². The molecule has 1 aliphatic rings. The molecule has 1 fully saturated rings. The van der Waals surface area contributed by atoms with Crippen molar-refractivity contribution in [2.75, 3.05) is 27.2 Å². The molecule has 0 saturated heterocycles. The average molecular weight is 311 g/mol. The molecule has 0 aromatic heterocycles. The van der Waals surface area contributed by atoms with Crippen LogP contribution in [-0.4, -0.2) is 46.5 Å². The van der Waals surface area contributed by atoms with Crippen LogP contribution in [0.4, 0.5) is 0 Å². The van der Waals surface area contributed by atoms with Gasteiger partial charge >= 0.3 is 0 Å². The number of benzene rings is 1. The van der Waals surface area contributed by atoms with Crippen LogP contribution in [0.1, 0.15) is 24.0 Å². The van der Waals surface area contributed by atoms with Crippen LogP contribution in [-0.2, 0) is 22.3 Å². The smallest absolute Gasteiger partial charge is 0.215 e. The van der Waals surface area contributed by atoms with Gasteiger partial charge in [-0.25, -0.2) is 13.1 Å². The molecule has 1 saturated carbocycles. The topological polar surface area (TPSA) is 61.4 Å². The third-order valence-corrected chi connectivity index (χ3v) is 4.76. The third-order valence-electron chi connectivity index (χ3n) is 3.40. The molecule has 0 spiro atoms. The molecule has 1 aromatic carbocycles. The SMILES string of the molecule is CN(C)CCNS(=O)(=O)Cc1cccc(CNC2CC2)c1. The molecular formula is C15H25N3O2S. The van der Waals surface area contributed by atoms with Gasteiger partial charge in [-0.2, -0.15) is 0 Å². The fourth-order valence-electron chi connectivity index (χ4n) is 2.07. The molecule has 0 aliphatic heterocycles. The summed E-state index contributed by atoms with van der Waals surface area (Å²) in [6.45, 7) is 1.95. The second kappa shape index (κ2) is 7.35. The molecule has 0 amide bonds. The monoisotopic (exact) mass is 311 g/mol. The fraction of sp³-hybridized carbons (Fsp3) is 0.600. The summed E-state index contributed by atoms with van der Waals surface area (Å²) in [7, 11) is 0.579. The van der Waals surface area contributed by atoms with E-state index >= 15 is 0 Å². The van der Waals surface area contributed by atoms with Crippen molar-refractivity contribution in [2.24, 2.45) is 0 Å². The first-order valence-electron chi connectivity index (χ1n) is 7.38. The number of sulfonamides is 1. The molecular weight excluding hydrogens is 286 g/mol. The third kappa shape index (κ3) is 6.56. The van der Waals surface area contributed by atoms with E-state index in [4.69, 9.17) is 0 Å². The molecule has 2 rings (SSSR count). The van der Waals surface area contributed by atoms with Crippen molar-refractivity contribution >= 4 is 10.0 Å². The Morgan fingerprint density at radius 1 is 1.24 bits per heavy atom. The summed E-state index contributed by atoms with van der Waals surface area (Å²) in [5, 5.41) is 3.44. The molecule has 1 aliphatic carbocycles. The standard InChI is InChI=1S/C15H25N3O2S/c1-18(2)9-8-17-21(19,20)12-14-5-3-4-13(10-14)11-16-15-6-7-15/h3-5,10,15-17H,6-9,11-12H2,1-2H3. The number of likely N-dealkylation sites (N-methyl/N-ethyl adjacent to an activating group) is 1. The highest BCUT2D eigenvalue weighted by molar-refractivity contribution is 7.88. The lowest BCUT2D eigenvalue weighted by Crippen LogP contribution is -2.32. The van der Waals surface area contributed by atoms with Gasteiger partial charge in [0.2, 0.25) is 10.0 Å². The minimum absolute atomic E-state index is 0.0394. The maximum atomic E-state index is 12.0. The van der Waals surface area contributed by atoms with E-state index in [-0.39, 0.29) is 5.75 Å². The summed E-state index contributed by atoms with van der Waals surface area (Å²) in [5.74, 6) is 0.0394. The van der Waals surface area contributed by atoms with E-state index < -0.39 is 10.0 Å². The van der Waals surface area contributed by atoms with Crippen molar-refractivity contribution in [1.82, 2.24) is 14.9 Å². The first-order valence-corrected chi connectivity index (χ1v) is 9.03. The maximum Gasteiger partial charge on any atom is 0.215 e. The molecule has 6 heteroatoms. The number of hydrogen-bond donors (Lipinski definition) is 2. The quantitative estimate of drug-likeness (QED) is 0.712. The first-order chi connectivity index (χ1) is 9.94. The minimum Gasteiger partial charge on any atom is -0.310 e. The highest BCUT2D eigenvalue weighted by Gasteiger charge is 2.20. The predicted molar refractivity (Wildman–Crippen MR) is 85.5 cm³/mol. The largest absolute Gasteiger partial charge is 0.310 e. The van der Waals surface area contributed by atoms with Gasteiger partial charge in [0, 0.05) is 25.7 Å². The fourth-order valence-corrected chi connectivity index (χ4v) is 3.20. The Morgan fingerprint density at radius 3 is 2.62 bits per heavy atom. The van der Waals surface area contributed by atoms with Crippen molar-refractivity contribution in [3.63, 3.8) is 0 Å². The van der Waals surface area contributed by atoms with Crippen LogP contribution in [0, 0.1) is 0 Å². The lowest BCUT2D eigenvalue weighted by molar-refractivity contribution is 0.412. The van der Waals surface area contributed by atoms with Crippen molar-refractivity contribution in [2.45, 2.75) is 31.2 Å². The van der Waals surface area contributed by atoms with Gasteiger partial charge in [-0.1, -0.05) is 24.3 Å². The molecule has 0 unspecified atom stereocenters. The van der Waals surface area contributed by atoms with E-state index in [0.29, 0.717) is 19.1 Å². The zero-order valence-corrected chi connectivity index (χ0v) is 13.6. The van der Waals surface area contributed by atoms with E-state index in [1.54, 1.807) is 0 Å². The minimum atomic E-state index is -3.26. The average Bonchev–Trinajstić information content (AvgIpc) is 3.19. The van der Waals surface area contributed by atoms with E-state index in [2.05, 4.69) is 10.0 Å². The maximum absolute atomic E-state index is 12.0. The molecule has 1 aromatic rings. The number of rotatable bonds is 9. The van der Waals surface area contributed by atoms with Crippen molar-refractivity contribution in [3.05, 3.63) is 35.4 Å². The zero-order valence-electron chi connectivity index (χ0n) is 12.8. The molecule has 0 bridgehead atoms. The van der Waals surface area contributed by atoms with Crippen molar-refractivity contribution in [1.29, 1.82) is 0 Å². The Labute approximate surface area is 127 Å². The molecule has 118 valence electrons. The van der Waals surface area contributed by atoms with Crippen molar-refractivity contribution in [3.8, 4) is 0 Å².